The fourth-order valence-corrected chi connectivity index (χ4v) is 4.60. The van der Waals surface area contributed by atoms with Crippen molar-refractivity contribution >= 4 is 17.7 Å². The zero-order chi connectivity index (χ0) is 19.6. The largest absolute Gasteiger partial charge is 0.352 e. The second-order valence-corrected chi connectivity index (χ2v) is 9.13. The zero-order valence-corrected chi connectivity index (χ0v) is 17.7. The number of rotatable bonds is 5. The summed E-state index contributed by atoms with van der Waals surface area (Å²) in [5.41, 5.74) is 2.23. The third-order valence-corrected chi connectivity index (χ3v) is 7.04. The SMILES string of the molecule is Cc1ccccc1-c1nnc(S[C@H](C)C(=O)N[C@H]2CCC[C@H](C)[C@@H]2C)n1C. The lowest BCUT2D eigenvalue weighted by Gasteiger charge is -2.35. The smallest absolute Gasteiger partial charge is 0.233 e. The number of aromatic nitrogens is 3. The van der Waals surface area contributed by atoms with Crippen LogP contribution in [0.4, 0.5) is 0 Å². The number of nitrogens with zero attached hydrogens (tertiary/aromatic N) is 3. The molecule has 0 aliphatic heterocycles. The van der Waals surface area contributed by atoms with Gasteiger partial charge in [0.15, 0.2) is 11.0 Å². The summed E-state index contributed by atoms with van der Waals surface area (Å²) >= 11 is 1.47. The first-order valence-corrected chi connectivity index (χ1v) is 10.7. The molecule has 5 nitrogen and oxygen atoms in total. The van der Waals surface area contributed by atoms with E-state index < -0.39 is 0 Å². The van der Waals surface area contributed by atoms with Crippen LogP contribution in [0, 0.1) is 18.8 Å². The Labute approximate surface area is 166 Å². The van der Waals surface area contributed by atoms with Gasteiger partial charge in [0.2, 0.25) is 5.91 Å². The van der Waals surface area contributed by atoms with Crippen LogP contribution in [-0.2, 0) is 11.8 Å². The number of hydrogen-bond donors (Lipinski definition) is 1. The summed E-state index contributed by atoms with van der Waals surface area (Å²) in [7, 11) is 1.96. The first-order valence-electron chi connectivity index (χ1n) is 9.81. The summed E-state index contributed by atoms with van der Waals surface area (Å²) in [6, 6.07) is 8.43. The van der Waals surface area contributed by atoms with Crippen molar-refractivity contribution in [2.75, 3.05) is 0 Å². The lowest BCUT2D eigenvalue weighted by Crippen LogP contribution is -2.46. The van der Waals surface area contributed by atoms with Gasteiger partial charge in [-0.05, 0) is 37.7 Å². The van der Waals surface area contributed by atoms with Gasteiger partial charge >= 0.3 is 0 Å². The van der Waals surface area contributed by atoms with E-state index in [4.69, 9.17) is 0 Å². The van der Waals surface area contributed by atoms with Crippen LogP contribution in [0.3, 0.4) is 0 Å². The zero-order valence-electron chi connectivity index (χ0n) is 16.9. The molecule has 27 heavy (non-hydrogen) atoms. The molecule has 1 heterocycles. The van der Waals surface area contributed by atoms with Gasteiger partial charge in [-0.25, -0.2) is 0 Å². The summed E-state index contributed by atoms with van der Waals surface area (Å²) in [4.78, 5) is 12.7. The molecular formula is C21H30N4OS. The number of carbonyl (C=O) groups is 1. The van der Waals surface area contributed by atoms with Gasteiger partial charge < -0.3 is 9.88 Å². The highest BCUT2D eigenvalue weighted by Gasteiger charge is 2.30. The number of benzene rings is 1. The highest BCUT2D eigenvalue weighted by molar-refractivity contribution is 8.00. The van der Waals surface area contributed by atoms with Gasteiger partial charge in [-0.15, -0.1) is 10.2 Å². The van der Waals surface area contributed by atoms with Crippen molar-refractivity contribution in [3.63, 3.8) is 0 Å². The standard InChI is InChI=1S/C21H30N4OS/c1-13-10-8-12-18(15(13)3)22-20(26)16(4)27-21-24-23-19(25(21)5)17-11-7-6-9-14(17)2/h6-7,9,11,13,15-16,18H,8,10,12H2,1-5H3,(H,22,26)/t13-,15-,16+,18-/m0/s1. The van der Waals surface area contributed by atoms with Gasteiger partial charge in [-0.2, -0.15) is 0 Å². The molecular weight excluding hydrogens is 356 g/mol. The van der Waals surface area contributed by atoms with E-state index in [9.17, 15) is 4.79 Å². The maximum Gasteiger partial charge on any atom is 0.233 e. The van der Waals surface area contributed by atoms with Crippen LogP contribution in [0.2, 0.25) is 0 Å². The van der Waals surface area contributed by atoms with Gasteiger partial charge in [0.05, 0.1) is 5.25 Å². The van der Waals surface area contributed by atoms with E-state index in [2.05, 4.69) is 48.4 Å². The van der Waals surface area contributed by atoms with E-state index in [1.54, 1.807) is 0 Å². The number of aryl methyl sites for hydroxylation is 1. The number of carbonyl (C=O) groups excluding carboxylic acids is 1. The van der Waals surface area contributed by atoms with Crippen LogP contribution >= 0.6 is 11.8 Å². The average molecular weight is 387 g/mol. The first-order chi connectivity index (χ1) is 12.9. The molecule has 0 bridgehead atoms. The summed E-state index contributed by atoms with van der Waals surface area (Å²) in [5, 5.41) is 12.5. The molecule has 1 saturated carbocycles. The Balaban J connectivity index is 1.67. The molecule has 3 rings (SSSR count). The quantitative estimate of drug-likeness (QED) is 0.782. The van der Waals surface area contributed by atoms with E-state index in [0.717, 1.165) is 28.5 Å². The van der Waals surface area contributed by atoms with E-state index >= 15 is 0 Å². The molecule has 1 fully saturated rings. The predicted octanol–water partition coefficient (Wildman–Crippen LogP) is 4.21. The second kappa shape index (κ2) is 8.46. The van der Waals surface area contributed by atoms with Crippen molar-refractivity contribution in [2.24, 2.45) is 18.9 Å². The molecule has 2 aromatic rings. The van der Waals surface area contributed by atoms with Crippen LogP contribution in [0.25, 0.3) is 11.4 Å². The van der Waals surface area contributed by atoms with Crippen LogP contribution in [0.1, 0.15) is 45.6 Å². The van der Waals surface area contributed by atoms with Crippen LogP contribution < -0.4 is 5.32 Å². The number of nitrogens with one attached hydrogen (secondary N) is 1. The molecule has 6 heteroatoms. The first kappa shape index (κ1) is 19.9. The fraction of sp³-hybridized carbons (Fsp3) is 0.571. The minimum atomic E-state index is -0.206. The molecule has 1 aromatic carbocycles. The highest BCUT2D eigenvalue weighted by atomic mass is 32.2. The average Bonchev–Trinajstić information content (AvgIpc) is 3.00. The highest BCUT2D eigenvalue weighted by Crippen LogP contribution is 2.31. The van der Waals surface area contributed by atoms with Crippen LogP contribution in [-0.4, -0.2) is 32.0 Å². The molecule has 1 aromatic heterocycles. The molecule has 1 amide bonds. The summed E-state index contributed by atoms with van der Waals surface area (Å²) in [5.74, 6) is 2.12. The summed E-state index contributed by atoms with van der Waals surface area (Å²) < 4.78 is 1.97. The Bertz CT molecular complexity index is 803. The maximum absolute atomic E-state index is 12.7. The van der Waals surface area contributed by atoms with Crippen molar-refractivity contribution in [1.82, 2.24) is 20.1 Å². The van der Waals surface area contributed by atoms with Gasteiger partial charge in [0.25, 0.3) is 0 Å². The van der Waals surface area contributed by atoms with E-state index in [-0.39, 0.29) is 17.2 Å². The Hall–Kier alpha value is -1.82. The second-order valence-electron chi connectivity index (χ2n) is 7.82. The maximum atomic E-state index is 12.7. The monoisotopic (exact) mass is 386 g/mol. The molecule has 0 saturated heterocycles. The van der Waals surface area contributed by atoms with Crippen molar-refractivity contribution in [3.8, 4) is 11.4 Å². The molecule has 1 N–H and O–H groups in total. The lowest BCUT2D eigenvalue weighted by molar-refractivity contribution is -0.121. The van der Waals surface area contributed by atoms with Crippen molar-refractivity contribution in [1.29, 1.82) is 0 Å². The van der Waals surface area contributed by atoms with Gasteiger partial charge in [0.1, 0.15) is 0 Å². The van der Waals surface area contributed by atoms with Crippen molar-refractivity contribution < 1.29 is 4.79 Å². The summed E-state index contributed by atoms with van der Waals surface area (Å²) in [6.07, 6.45) is 3.54. The molecule has 0 spiro atoms. The Kier molecular flexibility index (Phi) is 6.25. The molecule has 146 valence electrons. The minimum Gasteiger partial charge on any atom is -0.352 e. The topological polar surface area (TPSA) is 59.8 Å². The third kappa shape index (κ3) is 4.37. The van der Waals surface area contributed by atoms with Gasteiger partial charge in [0, 0.05) is 18.7 Å². The van der Waals surface area contributed by atoms with E-state index in [1.165, 1.54) is 24.6 Å². The minimum absolute atomic E-state index is 0.0893. The normalized spacial score (nSPS) is 23.8. The Morgan fingerprint density at radius 1 is 1.26 bits per heavy atom. The number of amides is 1. The van der Waals surface area contributed by atoms with Crippen LogP contribution in [0.5, 0.6) is 0 Å². The van der Waals surface area contributed by atoms with Gasteiger partial charge in [-0.3, -0.25) is 4.79 Å². The molecule has 1 aliphatic rings. The lowest BCUT2D eigenvalue weighted by atomic mass is 9.78. The molecule has 4 atom stereocenters. The molecule has 0 radical (unpaired) electrons. The predicted molar refractivity (Wildman–Crippen MR) is 111 cm³/mol. The molecule has 1 aliphatic carbocycles. The fourth-order valence-electron chi connectivity index (χ4n) is 3.77. The summed E-state index contributed by atoms with van der Waals surface area (Å²) in [6.45, 7) is 8.55. The Morgan fingerprint density at radius 3 is 2.74 bits per heavy atom. The Morgan fingerprint density at radius 2 is 2.00 bits per heavy atom. The number of thioether (sulfide) groups is 1. The van der Waals surface area contributed by atoms with Gasteiger partial charge in [-0.1, -0.05) is 62.7 Å². The van der Waals surface area contributed by atoms with E-state index in [1.807, 2.05) is 30.7 Å². The molecule has 0 unspecified atom stereocenters. The van der Waals surface area contributed by atoms with E-state index in [0.29, 0.717) is 11.8 Å². The van der Waals surface area contributed by atoms with Crippen molar-refractivity contribution in [2.45, 2.75) is 63.4 Å². The van der Waals surface area contributed by atoms with Crippen LogP contribution in [0.15, 0.2) is 29.4 Å². The van der Waals surface area contributed by atoms with Crippen molar-refractivity contribution in [3.05, 3.63) is 29.8 Å². The third-order valence-electron chi connectivity index (χ3n) is 5.91. The number of hydrogen-bond acceptors (Lipinski definition) is 4.